The van der Waals surface area contributed by atoms with Gasteiger partial charge < -0.3 is 4.90 Å². The predicted molar refractivity (Wildman–Crippen MR) is 85.0 cm³/mol. The quantitative estimate of drug-likeness (QED) is 0.808. The maximum atomic E-state index is 2.53. The van der Waals surface area contributed by atoms with Crippen molar-refractivity contribution in [1.29, 1.82) is 0 Å². The zero-order valence-electron chi connectivity index (χ0n) is 12.4. The molecule has 1 saturated heterocycles. The Bertz CT molecular complexity index is 507. The SMILES string of the molecule is CN1CCC[C@H]1C(C)(c1ccccc1)c1ccccc1. The summed E-state index contributed by atoms with van der Waals surface area (Å²) in [5.41, 5.74) is 2.91. The van der Waals surface area contributed by atoms with Crippen LogP contribution in [0.1, 0.15) is 30.9 Å². The molecule has 1 aliphatic rings. The molecule has 1 fully saturated rings. The number of hydrogen-bond donors (Lipinski definition) is 0. The lowest BCUT2D eigenvalue weighted by Gasteiger charge is -2.40. The summed E-state index contributed by atoms with van der Waals surface area (Å²) in [5, 5.41) is 0. The van der Waals surface area contributed by atoms with Crippen LogP contribution in [0, 0.1) is 0 Å². The van der Waals surface area contributed by atoms with E-state index in [9.17, 15) is 0 Å². The number of nitrogens with zero attached hydrogens (tertiary/aromatic N) is 1. The third kappa shape index (κ3) is 2.16. The number of rotatable bonds is 3. The van der Waals surface area contributed by atoms with Gasteiger partial charge in [-0.05, 0) is 44.5 Å². The number of likely N-dealkylation sites (tertiary alicyclic amines) is 1. The van der Waals surface area contributed by atoms with Crippen molar-refractivity contribution < 1.29 is 0 Å². The van der Waals surface area contributed by atoms with Crippen LogP contribution in [-0.2, 0) is 5.41 Å². The van der Waals surface area contributed by atoms with Crippen molar-refractivity contribution in [3.63, 3.8) is 0 Å². The van der Waals surface area contributed by atoms with Crippen LogP contribution in [0.3, 0.4) is 0 Å². The van der Waals surface area contributed by atoms with Gasteiger partial charge >= 0.3 is 0 Å². The van der Waals surface area contributed by atoms with Gasteiger partial charge in [0.05, 0.1) is 0 Å². The summed E-state index contributed by atoms with van der Waals surface area (Å²) >= 11 is 0. The van der Waals surface area contributed by atoms with E-state index in [2.05, 4.69) is 79.5 Å². The van der Waals surface area contributed by atoms with Crippen LogP contribution in [0.2, 0.25) is 0 Å². The normalized spacial score (nSPS) is 20.2. The molecule has 1 atom stereocenters. The molecule has 1 nitrogen and oxygen atoms in total. The van der Waals surface area contributed by atoms with Crippen LogP contribution in [0.25, 0.3) is 0 Å². The minimum absolute atomic E-state index is 0.0633. The van der Waals surface area contributed by atoms with Crippen molar-refractivity contribution in [3.05, 3.63) is 71.8 Å². The van der Waals surface area contributed by atoms with Crippen LogP contribution >= 0.6 is 0 Å². The van der Waals surface area contributed by atoms with Gasteiger partial charge in [0.1, 0.15) is 0 Å². The third-order valence-corrected chi connectivity index (χ3v) is 4.93. The Labute approximate surface area is 122 Å². The van der Waals surface area contributed by atoms with E-state index in [-0.39, 0.29) is 5.41 Å². The average molecular weight is 265 g/mol. The molecule has 1 heteroatoms. The largest absolute Gasteiger partial charge is 0.302 e. The van der Waals surface area contributed by atoms with Crippen LogP contribution in [0.15, 0.2) is 60.7 Å². The molecule has 2 aromatic rings. The van der Waals surface area contributed by atoms with Crippen molar-refractivity contribution in [2.45, 2.75) is 31.2 Å². The number of benzene rings is 2. The average Bonchev–Trinajstić information content (AvgIpc) is 2.95. The zero-order valence-corrected chi connectivity index (χ0v) is 12.4. The van der Waals surface area contributed by atoms with E-state index in [1.165, 1.54) is 30.5 Å². The molecule has 0 bridgehead atoms. The fourth-order valence-corrected chi connectivity index (χ4v) is 3.76. The fraction of sp³-hybridized carbons (Fsp3) is 0.368. The van der Waals surface area contributed by atoms with E-state index in [0.29, 0.717) is 6.04 Å². The maximum absolute atomic E-state index is 2.53. The predicted octanol–water partition coefficient (Wildman–Crippen LogP) is 4.09. The summed E-state index contributed by atoms with van der Waals surface area (Å²) in [6, 6.07) is 22.5. The summed E-state index contributed by atoms with van der Waals surface area (Å²) in [5.74, 6) is 0. The highest BCUT2D eigenvalue weighted by Crippen LogP contribution is 2.41. The maximum Gasteiger partial charge on any atom is 0.0329 e. The van der Waals surface area contributed by atoms with E-state index in [1.807, 2.05) is 0 Å². The van der Waals surface area contributed by atoms with Crippen molar-refractivity contribution in [1.82, 2.24) is 4.90 Å². The minimum Gasteiger partial charge on any atom is -0.302 e. The minimum atomic E-state index is 0.0633. The molecule has 0 saturated carbocycles. The number of likely N-dealkylation sites (N-methyl/N-ethyl adjacent to an activating group) is 1. The summed E-state index contributed by atoms with van der Waals surface area (Å²) < 4.78 is 0. The fourth-order valence-electron chi connectivity index (χ4n) is 3.76. The van der Waals surface area contributed by atoms with Gasteiger partial charge in [-0.15, -0.1) is 0 Å². The first-order valence-electron chi connectivity index (χ1n) is 7.54. The molecule has 2 aromatic carbocycles. The molecule has 104 valence electrons. The molecule has 0 aromatic heterocycles. The first-order chi connectivity index (χ1) is 9.73. The molecule has 1 aliphatic heterocycles. The first-order valence-corrected chi connectivity index (χ1v) is 7.54. The van der Waals surface area contributed by atoms with Crippen molar-refractivity contribution in [3.8, 4) is 0 Å². The Morgan fingerprint density at radius 3 is 1.80 bits per heavy atom. The highest BCUT2D eigenvalue weighted by atomic mass is 15.2. The third-order valence-electron chi connectivity index (χ3n) is 4.93. The van der Waals surface area contributed by atoms with Gasteiger partial charge in [0.15, 0.2) is 0 Å². The van der Waals surface area contributed by atoms with E-state index in [1.54, 1.807) is 0 Å². The Balaban J connectivity index is 2.13. The van der Waals surface area contributed by atoms with Gasteiger partial charge in [0.25, 0.3) is 0 Å². The molecule has 0 amide bonds. The van der Waals surface area contributed by atoms with Crippen molar-refractivity contribution in [2.75, 3.05) is 13.6 Å². The van der Waals surface area contributed by atoms with Crippen LogP contribution in [-0.4, -0.2) is 24.5 Å². The molecule has 0 spiro atoms. The van der Waals surface area contributed by atoms with E-state index in [4.69, 9.17) is 0 Å². The molecule has 20 heavy (non-hydrogen) atoms. The monoisotopic (exact) mass is 265 g/mol. The Hall–Kier alpha value is -1.60. The second-order valence-corrected chi connectivity index (χ2v) is 6.07. The molecular formula is C19H23N. The summed E-state index contributed by atoms with van der Waals surface area (Å²) in [6.07, 6.45) is 2.58. The highest BCUT2D eigenvalue weighted by molar-refractivity contribution is 5.41. The smallest absolute Gasteiger partial charge is 0.0329 e. The molecule has 3 rings (SSSR count). The second-order valence-electron chi connectivity index (χ2n) is 6.07. The van der Waals surface area contributed by atoms with E-state index >= 15 is 0 Å². The Morgan fingerprint density at radius 1 is 0.900 bits per heavy atom. The van der Waals surface area contributed by atoms with Gasteiger partial charge in [0.2, 0.25) is 0 Å². The molecule has 0 aliphatic carbocycles. The lowest BCUT2D eigenvalue weighted by Crippen LogP contribution is -2.44. The van der Waals surface area contributed by atoms with Gasteiger partial charge in [-0.2, -0.15) is 0 Å². The van der Waals surface area contributed by atoms with Gasteiger partial charge in [-0.25, -0.2) is 0 Å². The summed E-state index contributed by atoms with van der Waals surface area (Å²) in [4.78, 5) is 2.53. The lowest BCUT2D eigenvalue weighted by molar-refractivity contribution is 0.231. The summed E-state index contributed by atoms with van der Waals surface area (Å²) in [6.45, 7) is 3.62. The summed E-state index contributed by atoms with van der Waals surface area (Å²) in [7, 11) is 2.27. The second kappa shape index (κ2) is 5.41. The molecule has 0 N–H and O–H groups in total. The van der Waals surface area contributed by atoms with Gasteiger partial charge in [-0.3, -0.25) is 0 Å². The van der Waals surface area contributed by atoms with Crippen molar-refractivity contribution in [2.24, 2.45) is 0 Å². The Kier molecular flexibility index (Phi) is 3.62. The molecule has 1 heterocycles. The van der Waals surface area contributed by atoms with Gasteiger partial charge in [-0.1, -0.05) is 60.7 Å². The zero-order chi connectivity index (χ0) is 14.0. The van der Waals surface area contributed by atoms with Gasteiger partial charge in [0, 0.05) is 11.5 Å². The van der Waals surface area contributed by atoms with Crippen LogP contribution in [0.4, 0.5) is 0 Å². The molecule has 0 radical (unpaired) electrons. The standard InChI is InChI=1S/C19H23N/c1-19(16-10-5-3-6-11-16,17-12-7-4-8-13-17)18-14-9-15-20(18)2/h3-8,10-13,18H,9,14-15H2,1-2H3/t18-/m0/s1. The highest BCUT2D eigenvalue weighted by Gasteiger charge is 2.41. The first kappa shape index (κ1) is 13.4. The number of hydrogen-bond acceptors (Lipinski definition) is 1. The topological polar surface area (TPSA) is 3.24 Å². The molecule has 0 unspecified atom stereocenters. The van der Waals surface area contributed by atoms with Crippen LogP contribution in [0.5, 0.6) is 0 Å². The van der Waals surface area contributed by atoms with E-state index in [0.717, 1.165) is 0 Å². The lowest BCUT2D eigenvalue weighted by atomic mass is 9.70. The van der Waals surface area contributed by atoms with Crippen molar-refractivity contribution >= 4 is 0 Å². The Morgan fingerprint density at radius 2 is 1.40 bits per heavy atom. The van der Waals surface area contributed by atoms with E-state index < -0.39 is 0 Å². The van der Waals surface area contributed by atoms with Crippen LogP contribution < -0.4 is 0 Å². The molecular weight excluding hydrogens is 242 g/mol.